The first-order chi connectivity index (χ1) is 20.5. The summed E-state index contributed by atoms with van der Waals surface area (Å²) < 4.78 is 0. The molecule has 1 N–H and O–H groups in total. The Morgan fingerprint density at radius 2 is 1.52 bits per heavy atom. The van der Waals surface area contributed by atoms with Gasteiger partial charge in [0.05, 0.1) is 19.9 Å². The van der Waals surface area contributed by atoms with Gasteiger partial charge in [-0.25, -0.2) is 0 Å². The second kappa shape index (κ2) is 13.5. The van der Waals surface area contributed by atoms with Crippen molar-refractivity contribution in [3.05, 3.63) is 121 Å². The minimum atomic E-state index is -1.31. The number of carbonyl (C=O) groups excluding carboxylic acids is 1. The van der Waals surface area contributed by atoms with Gasteiger partial charge in [-0.1, -0.05) is 103 Å². The van der Waals surface area contributed by atoms with E-state index in [2.05, 4.69) is 92.4 Å². The molecule has 6 heteroatoms. The first-order valence-corrected chi connectivity index (χ1v) is 17.7. The van der Waals surface area contributed by atoms with Gasteiger partial charge in [0.25, 0.3) is 0 Å². The second-order valence-corrected chi connectivity index (χ2v) is 16.8. The van der Waals surface area contributed by atoms with Gasteiger partial charge >= 0.3 is 0 Å². The number of fused-ring (bicyclic) bond motifs is 4. The number of rotatable bonds is 4. The smallest absolute Gasteiger partial charge is 0.155 e. The van der Waals surface area contributed by atoms with Gasteiger partial charge in [-0.2, -0.15) is 5.26 Å². The van der Waals surface area contributed by atoms with Gasteiger partial charge in [0.2, 0.25) is 0 Å². The van der Waals surface area contributed by atoms with Crippen LogP contribution in [0.1, 0.15) is 19.4 Å². The molecule has 4 nitrogen and oxygen atoms in total. The maximum atomic E-state index is 10.0. The van der Waals surface area contributed by atoms with E-state index in [1.807, 2.05) is 36.5 Å². The Morgan fingerprint density at radius 3 is 2.16 bits per heavy atom. The van der Waals surface area contributed by atoms with Crippen LogP contribution in [0.2, 0.25) is 19.6 Å². The van der Waals surface area contributed by atoms with Crippen LogP contribution >= 0.6 is 0 Å². The van der Waals surface area contributed by atoms with Crippen LogP contribution in [0.25, 0.3) is 54.7 Å². The quantitative estimate of drug-likeness (QED) is 0.0639. The molecular weight excluding hydrogens is 737 g/mol. The summed E-state index contributed by atoms with van der Waals surface area (Å²) in [7, 11) is -1.31. The van der Waals surface area contributed by atoms with Gasteiger partial charge in [0.1, 0.15) is 0 Å². The van der Waals surface area contributed by atoms with Crippen LogP contribution in [0, 0.1) is 17.4 Å². The van der Waals surface area contributed by atoms with E-state index in [1.165, 1.54) is 47.0 Å². The number of nitrogens with zero attached hydrogens (tertiary/aromatic N) is 2. The number of allylic oxidation sites excluding steroid dienone is 2. The monoisotopic (exact) mass is 770 g/mol. The minimum absolute atomic E-state index is 0. The number of benzene rings is 5. The van der Waals surface area contributed by atoms with Crippen molar-refractivity contribution < 1.29 is 30.0 Å². The molecule has 0 aliphatic rings. The topological polar surface area (TPSA) is 74.0 Å². The molecule has 6 aromatic rings. The molecule has 0 atom stereocenters. The summed E-state index contributed by atoms with van der Waals surface area (Å²) in [5.74, 6) is -0.0625. The van der Waals surface area contributed by atoms with Crippen LogP contribution in [-0.2, 0) is 24.9 Å². The van der Waals surface area contributed by atoms with Crippen molar-refractivity contribution in [2.75, 3.05) is 0 Å². The number of carbonyl (C=O) groups is 1. The Morgan fingerprint density at radius 1 is 0.841 bits per heavy atom. The van der Waals surface area contributed by atoms with E-state index >= 15 is 0 Å². The zero-order valence-corrected chi connectivity index (χ0v) is 28.8. The first kappa shape index (κ1) is 32.5. The molecule has 6 rings (SSSR count). The van der Waals surface area contributed by atoms with E-state index in [4.69, 9.17) is 10.1 Å². The minimum Gasteiger partial charge on any atom is -0.512 e. The molecule has 1 aromatic heterocycles. The fourth-order valence-electron chi connectivity index (χ4n) is 5.30. The molecule has 0 spiro atoms. The van der Waals surface area contributed by atoms with E-state index in [0.717, 1.165) is 32.8 Å². The number of hydrogen-bond acceptors (Lipinski definition) is 4. The van der Waals surface area contributed by atoms with Crippen molar-refractivity contribution in [1.29, 1.82) is 5.26 Å². The maximum absolute atomic E-state index is 10.0. The molecule has 0 aliphatic carbocycles. The van der Waals surface area contributed by atoms with Crippen LogP contribution in [0.5, 0.6) is 0 Å². The zero-order chi connectivity index (χ0) is 30.7. The van der Waals surface area contributed by atoms with E-state index in [0.29, 0.717) is 5.56 Å². The summed E-state index contributed by atoms with van der Waals surface area (Å²) in [6, 6.07) is 37.8. The third kappa shape index (κ3) is 7.04. The molecule has 44 heavy (non-hydrogen) atoms. The van der Waals surface area contributed by atoms with Gasteiger partial charge in [-0.3, -0.25) is 9.78 Å². The molecule has 0 unspecified atom stereocenters. The Labute approximate surface area is 273 Å². The van der Waals surface area contributed by atoms with E-state index < -0.39 is 8.07 Å². The van der Waals surface area contributed by atoms with E-state index in [1.54, 1.807) is 0 Å². The predicted octanol–water partition coefficient (Wildman–Crippen LogP) is 9.13. The molecule has 0 bridgehead atoms. The summed E-state index contributed by atoms with van der Waals surface area (Å²) in [6.07, 6.45) is 3.02. The zero-order valence-electron chi connectivity index (χ0n) is 25.4. The SMILES string of the molecule is CC(=O)/C=C(/C)O.C[Si](C)(C)c1ccc(-c2ccc3c(ccc4c(-c5[c-]c6ccccc6c(C#N)c5)nccc43)c2)cc1.[Ir]. The molecule has 0 saturated carbocycles. The number of pyridine rings is 1. The average Bonchev–Trinajstić information content (AvgIpc) is 2.99. The second-order valence-electron chi connectivity index (χ2n) is 11.7. The molecule has 221 valence electrons. The average molecular weight is 770 g/mol. The standard InChI is InChI=1S/C33H25N2Si.C5H8O2.Ir/c1-36(2,3)28-12-8-22(9-13-28)23-10-14-30-25(18-23)11-15-32-31(30)16-17-35-33(32)26-19-24-6-4-5-7-29(24)27(20-26)21-34;1-4(6)3-5(2)7;/h4-18,20H,1-3H3;3,6H,1-2H3;/q-1;;/b;4-3-;. The van der Waals surface area contributed by atoms with Crippen LogP contribution < -0.4 is 5.19 Å². The fraction of sp³-hybridized carbons (Fsp3) is 0.132. The van der Waals surface area contributed by atoms with E-state index in [9.17, 15) is 10.1 Å². The van der Waals surface area contributed by atoms with Gasteiger partial charge < -0.3 is 5.11 Å². The molecule has 5 aromatic carbocycles. The largest absolute Gasteiger partial charge is 0.512 e. The number of aliphatic hydroxyl groups excluding tert-OH is 1. The summed E-state index contributed by atoms with van der Waals surface area (Å²) in [5.41, 5.74) is 4.80. The molecule has 0 fully saturated rings. The number of aromatic nitrogens is 1. The van der Waals surface area contributed by atoms with Gasteiger partial charge in [0, 0.05) is 38.1 Å². The van der Waals surface area contributed by atoms with Crippen molar-refractivity contribution in [2.45, 2.75) is 33.5 Å². The Hall–Kier alpha value is -4.40. The van der Waals surface area contributed by atoms with Gasteiger partial charge in [-0.15, -0.1) is 23.6 Å². The van der Waals surface area contributed by atoms with Crippen LogP contribution in [0.4, 0.5) is 0 Å². The van der Waals surface area contributed by atoms with Gasteiger partial charge in [0.15, 0.2) is 5.78 Å². The fourth-order valence-corrected chi connectivity index (χ4v) is 6.46. The van der Waals surface area contributed by atoms with Crippen molar-refractivity contribution in [2.24, 2.45) is 0 Å². The Kier molecular flexibility index (Phi) is 9.97. The molecular formula is C38H33IrN2O2Si-. The van der Waals surface area contributed by atoms with Crippen molar-refractivity contribution in [1.82, 2.24) is 4.98 Å². The molecule has 1 radical (unpaired) electrons. The van der Waals surface area contributed by atoms with Crippen LogP contribution in [0.15, 0.2) is 109 Å². The summed E-state index contributed by atoms with van der Waals surface area (Å²) in [6.45, 7) is 9.98. The molecule has 0 saturated heterocycles. The third-order valence-electron chi connectivity index (χ3n) is 7.41. The maximum Gasteiger partial charge on any atom is 0.155 e. The number of hydrogen-bond donors (Lipinski definition) is 1. The number of ketones is 1. The number of aliphatic hydroxyl groups is 1. The summed E-state index contributed by atoms with van der Waals surface area (Å²) in [5, 5.41) is 26.0. The van der Waals surface area contributed by atoms with Crippen molar-refractivity contribution in [3.8, 4) is 28.5 Å². The molecule has 0 amide bonds. The third-order valence-corrected chi connectivity index (χ3v) is 9.47. The summed E-state index contributed by atoms with van der Waals surface area (Å²) in [4.78, 5) is 14.7. The van der Waals surface area contributed by atoms with Gasteiger partial charge in [-0.05, 0) is 64.2 Å². The van der Waals surface area contributed by atoms with Crippen molar-refractivity contribution >= 4 is 51.4 Å². The predicted molar refractivity (Wildman–Crippen MR) is 181 cm³/mol. The molecule has 0 aliphatic heterocycles. The van der Waals surface area contributed by atoms with Crippen LogP contribution in [-0.4, -0.2) is 23.9 Å². The first-order valence-electron chi connectivity index (χ1n) is 14.2. The normalized spacial score (nSPS) is 11.4. The van der Waals surface area contributed by atoms with E-state index in [-0.39, 0.29) is 31.6 Å². The van der Waals surface area contributed by atoms with Crippen LogP contribution in [0.3, 0.4) is 0 Å². The Balaban J connectivity index is 0.000000497. The van der Waals surface area contributed by atoms with Crippen molar-refractivity contribution in [3.63, 3.8) is 0 Å². The summed E-state index contributed by atoms with van der Waals surface area (Å²) >= 11 is 0. The Bertz CT molecular complexity index is 2070. The number of nitriles is 1. The molecule has 1 heterocycles.